The van der Waals surface area contributed by atoms with Gasteiger partial charge in [-0.3, -0.25) is 9.25 Å². The average molecular weight is 191 g/mol. The van der Waals surface area contributed by atoms with E-state index in [1.807, 2.05) is 0 Å². The summed E-state index contributed by atoms with van der Waals surface area (Å²) in [5, 5.41) is 3.64. The molecule has 0 fully saturated rings. The van der Waals surface area contributed by atoms with Crippen molar-refractivity contribution in [1.29, 1.82) is 0 Å². The minimum atomic E-state index is -4.15. The normalized spacial score (nSPS) is 11.9. The van der Waals surface area contributed by atoms with E-state index < -0.39 is 7.60 Å². The Morgan fingerprint density at radius 2 is 2.33 bits per heavy atom. The first kappa shape index (κ1) is 9.41. The second-order valence-corrected chi connectivity index (χ2v) is 3.90. The van der Waals surface area contributed by atoms with Gasteiger partial charge in [0.05, 0.1) is 12.7 Å². The van der Waals surface area contributed by atoms with Crippen molar-refractivity contribution in [1.82, 2.24) is 9.78 Å². The number of nitrogens with zero attached hydrogens (tertiary/aromatic N) is 2. The first-order valence-corrected chi connectivity index (χ1v) is 4.94. The molecule has 1 aromatic rings. The number of aromatic nitrogens is 2. The van der Waals surface area contributed by atoms with Crippen molar-refractivity contribution in [2.45, 2.75) is 6.54 Å². The first-order valence-electron chi connectivity index (χ1n) is 3.32. The molecule has 1 rings (SSSR count). The molecular weight excluding hydrogens is 181 g/mol. The Labute approximate surface area is 69.2 Å². The summed E-state index contributed by atoms with van der Waals surface area (Å²) in [6.45, 7) is 0.849. The molecule has 0 amide bonds. The van der Waals surface area contributed by atoms with Crippen LogP contribution in [0.4, 0.5) is 0 Å². The lowest BCUT2D eigenvalue weighted by Crippen LogP contribution is -2.10. The Balaban J connectivity index is 2.85. The molecule has 0 aliphatic heterocycles. The van der Waals surface area contributed by atoms with Crippen LogP contribution < -0.4 is 11.0 Å². The van der Waals surface area contributed by atoms with Crippen molar-refractivity contribution in [2.24, 2.45) is 5.73 Å². The molecule has 0 aliphatic rings. The van der Waals surface area contributed by atoms with Gasteiger partial charge in [-0.25, -0.2) is 0 Å². The van der Waals surface area contributed by atoms with Gasteiger partial charge in [0.15, 0.2) is 0 Å². The summed E-state index contributed by atoms with van der Waals surface area (Å²) in [5.74, 6) is 0. The highest BCUT2D eigenvalue weighted by Crippen LogP contribution is 2.32. The van der Waals surface area contributed by atoms with Crippen LogP contribution in [0.2, 0.25) is 0 Å². The summed E-state index contributed by atoms with van der Waals surface area (Å²) in [5.41, 5.74) is 5.22. The second-order valence-electron chi connectivity index (χ2n) is 2.29. The van der Waals surface area contributed by atoms with Crippen molar-refractivity contribution < 1.29 is 14.4 Å². The molecule has 0 atom stereocenters. The molecule has 0 spiro atoms. The van der Waals surface area contributed by atoms with Crippen molar-refractivity contribution in [2.75, 3.05) is 6.54 Å². The number of hydrogen-bond acceptors (Lipinski definition) is 3. The molecule has 0 aromatic carbocycles. The molecule has 6 nitrogen and oxygen atoms in total. The summed E-state index contributed by atoms with van der Waals surface area (Å²) in [6.07, 6.45) is 2.45. The van der Waals surface area contributed by atoms with Crippen LogP contribution in [-0.4, -0.2) is 26.1 Å². The maximum atomic E-state index is 10.7. The van der Waals surface area contributed by atoms with Crippen LogP contribution in [0.25, 0.3) is 0 Å². The lowest BCUT2D eigenvalue weighted by Gasteiger charge is -1.97. The fraction of sp³-hybridized carbons (Fsp3) is 0.400. The molecule has 1 aromatic heterocycles. The summed E-state index contributed by atoms with van der Waals surface area (Å²) >= 11 is 0. The maximum Gasteiger partial charge on any atom is 0.359 e. The van der Waals surface area contributed by atoms with E-state index in [1.165, 1.54) is 10.9 Å². The number of nitrogens with two attached hydrogens (primary N) is 1. The summed E-state index contributed by atoms with van der Waals surface area (Å²) in [6, 6.07) is 0. The Hall–Kier alpha value is -0.680. The Morgan fingerprint density at radius 3 is 2.75 bits per heavy atom. The van der Waals surface area contributed by atoms with Gasteiger partial charge in [-0.15, -0.1) is 0 Å². The molecule has 4 N–H and O–H groups in total. The fourth-order valence-electron chi connectivity index (χ4n) is 0.758. The second kappa shape index (κ2) is 3.37. The zero-order valence-corrected chi connectivity index (χ0v) is 7.19. The van der Waals surface area contributed by atoms with E-state index in [0.717, 1.165) is 6.20 Å². The van der Waals surface area contributed by atoms with E-state index in [-0.39, 0.29) is 5.30 Å². The molecule has 68 valence electrons. The van der Waals surface area contributed by atoms with Crippen LogP contribution in [0.1, 0.15) is 0 Å². The molecule has 1 heterocycles. The van der Waals surface area contributed by atoms with E-state index in [9.17, 15) is 4.57 Å². The highest BCUT2D eigenvalue weighted by Gasteiger charge is 2.18. The van der Waals surface area contributed by atoms with Crippen molar-refractivity contribution in [3.8, 4) is 0 Å². The molecule has 7 heteroatoms. The minimum absolute atomic E-state index is 0.0732. The summed E-state index contributed by atoms with van der Waals surface area (Å²) in [4.78, 5) is 17.4. The van der Waals surface area contributed by atoms with Crippen LogP contribution in [0.15, 0.2) is 12.4 Å². The van der Waals surface area contributed by atoms with E-state index in [4.69, 9.17) is 15.5 Å². The van der Waals surface area contributed by atoms with E-state index in [1.54, 1.807) is 0 Å². The lowest BCUT2D eigenvalue weighted by molar-refractivity contribution is 0.387. The molecule has 0 aliphatic carbocycles. The predicted octanol–water partition coefficient (Wildman–Crippen LogP) is -1.36. The van der Waals surface area contributed by atoms with Gasteiger partial charge in [-0.05, 0) is 0 Å². The van der Waals surface area contributed by atoms with Gasteiger partial charge in [-0.2, -0.15) is 5.10 Å². The average Bonchev–Trinajstić information content (AvgIpc) is 2.35. The van der Waals surface area contributed by atoms with Crippen molar-refractivity contribution in [3.63, 3.8) is 0 Å². The first-order chi connectivity index (χ1) is 5.54. The largest absolute Gasteiger partial charge is 0.359 e. The van der Waals surface area contributed by atoms with E-state index in [0.29, 0.717) is 13.1 Å². The van der Waals surface area contributed by atoms with Crippen LogP contribution in [-0.2, 0) is 11.1 Å². The molecule has 0 saturated heterocycles. The molecule has 0 unspecified atom stereocenters. The summed E-state index contributed by atoms with van der Waals surface area (Å²) in [7, 11) is -4.15. The van der Waals surface area contributed by atoms with Gasteiger partial charge in [0.25, 0.3) is 0 Å². The van der Waals surface area contributed by atoms with Crippen molar-refractivity contribution in [3.05, 3.63) is 12.4 Å². The predicted molar refractivity (Wildman–Crippen MR) is 43.0 cm³/mol. The van der Waals surface area contributed by atoms with Gasteiger partial charge in [0.2, 0.25) is 0 Å². The SMILES string of the molecule is NCCn1cc(P(=O)(O)O)cn1. The van der Waals surface area contributed by atoms with Crippen molar-refractivity contribution >= 4 is 12.9 Å². The topological polar surface area (TPSA) is 101 Å². The van der Waals surface area contributed by atoms with E-state index >= 15 is 0 Å². The monoisotopic (exact) mass is 191 g/mol. The van der Waals surface area contributed by atoms with Gasteiger partial charge in [-0.1, -0.05) is 0 Å². The van der Waals surface area contributed by atoms with Gasteiger partial charge >= 0.3 is 7.60 Å². The quantitative estimate of drug-likeness (QED) is 0.512. The van der Waals surface area contributed by atoms with E-state index in [2.05, 4.69) is 5.10 Å². The lowest BCUT2D eigenvalue weighted by atomic mass is 10.6. The molecule has 0 bridgehead atoms. The molecule has 0 radical (unpaired) electrons. The number of hydrogen-bond donors (Lipinski definition) is 3. The third kappa shape index (κ3) is 2.15. The standard InChI is InChI=1S/C5H10N3O3P/c6-1-2-8-4-5(3-7-8)12(9,10)11/h3-4H,1-2,6H2,(H2,9,10,11). The Bertz CT molecular complexity index is 305. The van der Waals surface area contributed by atoms with Crippen LogP contribution in [0.5, 0.6) is 0 Å². The smallest absolute Gasteiger partial charge is 0.329 e. The maximum absolute atomic E-state index is 10.7. The molecule has 12 heavy (non-hydrogen) atoms. The van der Waals surface area contributed by atoms with Gasteiger partial charge in [0.1, 0.15) is 5.30 Å². The third-order valence-electron chi connectivity index (χ3n) is 1.31. The highest BCUT2D eigenvalue weighted by atomic mass is 31.2. The van der Waals surface area contributed by atoms with Gasteiger partial charge in [0, 0.05) is 12.7 Å². The third-order valence-corrected chi connectivity index (χ3v) is 2.22. The zero-order valence-electron chi connectivity index (χ0n) is 6.29. The minimum Gasteiger partial charge on any atom is -0.329 e. The molecular formula is C5H10N3O3P. The fourth-order valence-corrected chi connectivity index (χ4v) is 1.24. The van der Waals surface area contributed by atoms with Gasteiger partial charge < -0.3 is 15.5 Å². The Kier molecular flexibility index (Phi) is 2.64. The zero-order chi connectivity index (χ0) is 9.19. The molecule has 0 saturated carbocycles. The summed E-state index contributed by atoms with van der Waals surface area (Å²) < 4.78 is 12.1. The van der Waals surface area contributed by atoms with Crippen LogP contribution in [0.3, 0.4) is 0 Å². The Morgan fingerprint density at radius 1 is 1.67 bits per heavy atom. The highest BCUT2D eigenvalue weighted by molar-refractivity contribution is 7.60. The van der Waals surface area contributed by atoms with Crippen LogP contribution in [0, 0.1) is 0 Å². The number of rotatable bonds is 3. The van der Waals surface area contributed by atoms with Crippen LogP contribution >= 0.6 is 7.60 Å².